The van der Waals surface area contributed by atoms with Crippen LogP contribution >= 0.6 is 0 Å². The van der Waals surface area contributed by atoms with Gasteiger partial charge in [-0.2, -0.15) is 19.0 Å². The highest BCUT2D eigenvalue weighted by Crippen LogP contribution is 2.23. The second-order valence-corrected chi connectivity index (χ2v) is 5.90. The van der Waals surface area contributed by atoms with Crippen molar-refractivity contribution in [3.05, 3.63) is 54.1 Å². The van der Waals surface area contributed by atoms with Gasteiger partial charge in [0.2, 0.25) is 5.88 Å². The molecule has 0 bridgehead atoms. The van der Waals surface area contributed by atoms with E-state index in [1.807, 2.05) is 6.92 Å². The Morgan fingerprint density at radius 1 is 1.14 bits per heavy atom. The number of ether oxygens (including phenoxy) is 1. The fraction of sp³-hybridized carbons (Fsp3) is 0.176. The minimum atomic E-state index is -2.95. The molecule has 144 valence electrons. The van der Waals surface area contributed by atoms with Crippen LogP contribution in [0, 0.1) is 5.82 Å². The number of halogens is 3. The van der Waals surface area contributed by atoms with Crippen molar-refractivity contribution in [2.24, 2.45) is 0 Å². The molecule has 2 N–H and O–H groups in total. The first-order valence-corrected chi connectivity index (χ1v) is 8.22. The van der Waals surface area contributed by atoms with Gasteiger partial charge in [-0.3, -0.25) is 0 Å². The van der Waals surface area contributed by atoms with Crippen LogP contribution in [-0.4, -0.2) is 36.6 Å². The zero-order valence-corrected chi connectivity index (χ0v) is 14.5. The van der Waals surface area contributed by atoms with Crippen LogP contribution in [0.1, 0.15) is 18.5 Å². The van der Waals surface area contributed by atoms with E-state index in [1.54, 1.807) is 23.0 Å². The number of aromatic amines is 1. The maximum atomic E-state index is 13.2. The van der Waals surface area contributed by atoms with Crippen molar-refractivity contribution in [1.82, 2.24) is 29.9 Å². The van der Waals surface area contributed by atoms with Crippen molar-refractivity contribution >= 4 is 22.8 Å². The molecule has 0 aliphatic heterocycles. The van der Waals surface area contributed by atoms with Gasteiger partial charge in [-0.25, -0.2) is 24.1 Å². The highest BCUT2D eigenvalue weighted by molar-refractivity contribution is 5.72. The lowest BCUT2D eigenvalue weighted by Crippen LogP contribution is -2.09. The maximum Gasteiger partial charge on any atom is 0.388 e. The van der Waals surface area contributed by atoms with Gasteiger partial charge >= 0.3 is 6.61 Å². The van der Waals surface area contributed by atoms with Crippen LogP contribution in [0.3, 0.4) is 0 Å². The zero-order chi connectivity index (χ0) is 19.7. The standard InChI is InChI=1S/C17H14F3N7O/c1-9(10-2-4-11(18)5-3-10)27-16-12(7-22-27)21-8-14(24-16)23-13-6-15(26-25-13)28-17(19)20/h2-9,17H,1H3,(H2,23,24,25,26). The minimum absolute atomic E-state index is 0.179. The predicted octanol–water partition coefficient (Wildman–Crippen LogP) is 3.64. The van der Waals surface area contributed by atoms with Gasteiger partial charge in [0.25, 0.3) is 0 Å². The van der Waals surface area contributed by atoms with Crippen molar-refractivity contribution < 1.29 is 17.9 Å². The van der Waals surface area contributed by atoms with Crippen LogP contribution < -0.4 is 10.1 Å². The summed E-state index contributed by atoms with van der Waals surface area (Å²) in [5, 5.41) is 13.3. The fourth-order valence-electron chi connectivity index (χ4n) is 2.70. The monoisotopic (exact) mass is 389 g/mol. The van der Waals surface area contributed by atoms with Crippen LogP contribution in [0.25, 0.3) is 11.2 Å². The normalized spacial score (nSPS) is 12.5. The summed E-state index contributed by atoms with van der Waals surface area (Å²) in [5.74, 6) is 0.0841. The van der Waals surface area contributed by atoms with Gasteiger partial charge < -0.3 is 10.1 Å². The molecule has 8 nitrogen and oxygen atoms in total. The van der Waals surface area contributed by atoms with Gasteiger partial charge in [0.05, 0.1) is 18.4 Å². The topological polar surface area (TPSA) is 93.5 Å². The van der Waals surface area contributed by atoms with Gasteiger partial charge in [-0.1, -0.05) is 12.1 Å². The molecule has 4 rings (SSSR count). The van der Waals surface area contributed by atoms with Crippen molar-refractivity contribution in [3.63, 3.8) is 0 Å². The predicted molar refractivity (Wildman–Crippen MR) is 94.0 cm³/mol. The van der Waals surface area contributed by atoms with Gasteiger partial charge in [0.1, 0.15) is 11.3 Å². The SMILES string of the molecule is CC(c1ccc(F)cc1)n1ncc2ncc(Nc3cc(OC(F)F)[nH]n3)nc21. The molecule has 0 aliphatic rings. The molecular formula is C17H14F3N7O. The number of alkyl halides is 2. The van der Waals surface area contributed by atoms with Crippen LogP contribution in [0.4, 0.5) is 24.8 Å². The summed E-state index contributed by atoms with van der Waals surface area (Å²) < 4.78 is 43.5. The molecule has 3 heterocycles. The lowest BCUT2D eigenvalue weighted by Gasteiger charge is -2.13. The first-order valence-electron chi connectivity index (χ1n) is 8.22. The summed E-state index contributed by atoms with van der Waals surface area (Å²) >= 11 is 0. The number of aromatic nitrogens is 6. The third-order valence-electron chi connectivity index (χ3n) is 4.05. The van der Waals surface area contributed by atoms with E-state index in [4.69, 9.17) is 0 Å². The van der Waals surface area contributed by atoms with Crippen LogP contribution in [-0.2, 0) is 0 Å². The molecule has 11 heteroatoms. The summed E-state index contributed by atoms with van der Waals surface area (Å²) in [6.07, 6.45) is 3.05. The Labute approximate surface area is 156 Å². The highest BCUT2D eigenvalue weighted by atomic mass is 19.3. The van der Waals surface area contributed by atoms with Crippen molar-refractivity contribution in [2.45, 2.75) is 19.6 Å². The van der Waals surface area contributed by atoms with Gasteiger partial charge in [0, 0.05) is 6.07 Å². The zero-order valence-electron chi connectivity index (χ0n) is 14.5. The molecule has 0 radical (unpaired) electrons. The van der Waals surface area contributed by atoms with Gasteiger partial charge in [0.15, 0.2) is 17.3 Å². The van der Waals surface area contributed by atoms with Crippen LogP contribution in [0.2, 0.25) is 0 Å². The first kappa shape index (κ1) is 17.8. The average molecular weight is 389 g/mol. The van der Waals surface area contributed by atoms with E-state index in [9.17, 15) is 13.2 Å². The van der Waals surface area contributed by atoms with E-state index in [0.29, 0.717) is 17.0 Å². The Morgan fingerprint density at radius 2 is 1.93 bits per heavy atom. The number of nitrogens with one attached hydrogen (secondary N) is 2. The molecule has 1 unspecified atom stereocenters. The van der Waals surface area contributed by atoms with Crippen LogP contribution in [0.15, 0.2) is 42.7 Å². The Bertz CT molecular complexity index is 1090. The third-order valence-corrected chi connectivity index (χ3v) is 4.05. The number of fused-ring (bicyclic) bond motifs is 1. The van der Waals surface area contributed by atoms with E-state index in [0.717, 1.165) is 5.56 Å². The van der Waals surface area contributed by atoms with Crippen molar-refractivity contribution in [3.8, 4) is 5.88 Å². The fourth-order valence-corrected chi connectivity index (χ4v) is 2.70. The molecule has 0 amide bonds. The smallest absolute Gasteiger partial charge is 0.388 e. The van der Waals surface area contributed by atoms with E-state index < -0.39 is 6.61 Å². The molecule has 4 aromatic rings. The lowest BCUT2D eigenvalue weighted by atomic mass is 10.1. The Balaban J connectivity index is 1.60. The summed E-state index contributed by atoms with van der Waals surface area (Å²) in [5.41, 5.74) is 1.93. The Hall–Kier alpha value is -3.63. The number of anilines is 2. The molecule has 28 heavy (non-hydrogen) atoms. The second kappa shape index (κ2) is 7.18. The van der Waals surface area contributed by atoms with E-state index in [2.05, 4.69) is 35.3 Å². The van der Waals surface area contributed by atoms with E-state index in [-0.39, 0.29) is 23.6 Å². The molecule has 0 saturated carbocycles. The van der Waals surface area contributed by atoms with Crippen molar-refractivity contribution in [1.29, 1.82) is 0 Å². The molecular weight excluding hydrogens is 375 g/mol. The minimum Gasteiger partial charge on any atom is -0.417 e. The van der Waals surface area contributed by atoms with E-state index in [1.165, 1.54) is 24.4 Å². The molecule has 3 aromatic heterocycles. The Morgan fingerprint density at radius 3 is 2.68 bits per heavy atom. The number of nitrogens with zero attached hydrogens (tertiary/aromatic N) is 5. The summed E-state index contributed by atoms with van der Waals surface area (Å²) in [7, 11) is 0. The van der Waals surface area contributed by atoms with Crippen LogP contribution in [0.5, 0.6) is 5.88 Å². The number of hydrogen-bond acceptors (Lipinski definition) is 6. The molecule has 0 fully saturated rings. The summed E-state index contributed by atoms with van der Waals surface area (Å²) in [4.78, 5) is 8.76. The number of rotatable bonds is 6. The van der Waals surface area contributed by atoms with E-state index >= 15 is 0 Å². The molecule has 0 aliphatic carbocycles. The van der Waals surface area contributed by atoms with Crippen molar-refractivity contribution in [2.75, 3.05) is 5.32 Å². The quantitative estimate of drug-likeness (QED) is 0.523. The Kier molecular flexibility index (Phi) is 4.55. The summed E-state index contributed by atoms with van der Waals surface area (Å²) in [6, 6.07) is 7.18. The largest absolute Gasteiger partial charge is 0.417 e. The number of hydrogen-bond donors (Lipinski definition) is 2. The maximum absolute atomic E-state index is 13.2. The highest BCUT2D eigenvalue weighted by Gasteiger charge is 2.15. The second-order valence-electron chi connectivity index (χ2n) is 5.90. The van der Waals surface area contributed by atoms with Gasteiger partial charge in [-0.05, 0) is 24.6 Å². The number of H-pyrrole nitrogens is 1. The summed E-state index contributed by atoms with van der Waals surface area (Å²) in [6.45, 7) is -1.05. The lowest BCUT2D eigenvalue weighted by molar-refractivity contribution is -0.0528. The first-order chi connectivity index (χ1) is 13.5. The molecule has 0 saturated heterocycles. The third kappa shape index (κ3) is 3.59. The van der Waals surface area contributed by atoms with Gasteiger partial charge in [-0.15, -0.1) is 0 Å². The molecule has 1 aromatic carbocycles. The molecule has 0 spiro atoms. The molecule has 1 atom stereocenters. The average Bonchev–Trinajstić information content (AvgIpc) is 3.28. The number of benzene rings is 1.